The molecule has 0 amide bonds. The van der Waals surface area contributed by atoms with E-state index in [0.717, 1.165) is 18.6 Å². The van der Waals surface area contributed by atoms with Crippen molar-refractivity contribution >= 4 is 0 Å². The molecule has 1 rings (SSSR count). The molecule has 0 saturated carbocycles. The van der Waals surface area contributed by atoms with E-state index in [1.165, 1.54) is 5.56 Å². The van der Waals surface area contributed by atoms with Crippen molar-refractivity contribution in [3.8, 4) is 11.8 Å². The fourth-order valence-electron chi connectivity index (χ4n) is 1.40. The summed E-state index contributed by atoms with van der Waals surface area (Å²) in [6.45, 7) is 2.28. The molecule has 0 aromatic heterocycles. The average molecular weight is 218 g/mol. The highest BCUT2D eigenvalue weighted by atomic mass is 16.5. The number of hydrogen-bond acceptors (Lipinski definition) is 3. The normalized spacial score (nSPS) is 11.8. The van der Waals surface area contributed by atoms with Crippen molar-refractivity contribution in [1.82, 2.24) is 5.32 Å². The molecule has 16 heavy (non-hydrogen) atoms. The number of hydrogen-bond donors (Lipinski definition) is 1. The van der Waals surface area contributed by atoms with Crippen LogP contribution in [0.25, 0.3) is 0 Å². The summed E-state index contributed by atoms with van der Waals surface area (Å²) in [5, 5.41) is 11.6. The van der Waals surface area contributed by atoms with Gasteiger partial charge in [-0.1, -0.05) is 12.1 Å². The van der Waals surface area contributed by atoms with E-state index in [2.05, 4.69) is 24.4 Å². The average Bonchev–Trinajstić information content (AvgIpc) is 2.34. The molecular formula is C13H18N2O. The summed E-state index contributed by atoms with van der Waals surface area (Å²) < 4.78 is 5.18. The van der Waals surface area contributed by atoms with Crippen LogP contribution in [0, 0.1) is 11.3 Å². The van der Waals surface area contributed by atoms with Crippen molar-refractivity contribution in [2.24, 2.45) is 0 Å². The van der Waals surface area contributed by atoms with Crippen LogP contribution in [0.15, 0.2) is 24.3 Å². The molecule has 0 aliphatic carbocycles. The molecule has 0 aliphatic rings. The van der Waals surface area contributed by atoms with Crippen molar-refractivity contribution < 1.29 is 4.74 Å². The van der Waals surface area contributed by atoms with Crippen molar-refractivity contribution in [2.45, 2.75) is 25.8 Å². The second kappa shape index (κ2) is 6.86. The molecule has 0 aliphatic heterocycles. The van der Waals surface area contributed by atoms with Crippen molar-refractivity contribution in [3.05, 3.63) is 29.8 Å². The quantitative estimate of drug-likeness (QED) is 0.795. The Hall–Kier alpha value is -1.53. The first-order chi connectivity index (χ1) is 7.76. The molecule has 86 valence electrons. The van der Waals surface area contributed by atoms with E-state index in [-0.39, 0.29) is 6.61 Å². The van der Waals surface area contributed by atoms with Crippen LogP contribution in [0.4, 0.5) is 0 Å². The summed E-state index contributed by atoms with van der Waals surface area (Å²) in [6.07, 6.45) is 2.18. The molecule has 1 aromatic carbocycles. The summed E-state index contributed by atoms with van der Waals surface area (Å²) in [5.41, 5.74) is 1.30. The van der Waals surface area contributed by atoms with E-state index >= 15 is 0 Å². The number of benzene rings is 1. The smallest absolute Gasteiger partial charge is 0.174 e. The van der Waals surface area contributed by atoms with E-state index in [1.807, 2.05) is 25.2 Å². The van der Waals surface area contributed by atoms with Gasteiger partial charge in [0.25, 0.3) is 0 Å². The van der Waals surface area contributed by atoms with Gasteiger partial charge in [-0.25, -0.2) is 0 Å². The molecule has 3 heteroatoms. The number of ether oxygens (including phenoxy) is 1. The molecule has 1 N–H and O–H groups in total. The topological polar surface area (TPSA) is 45.0 Å². The van der Waals surface area contributed by atoms with Crippen LogP contribution in [0.5, 0.6) is 5.75 Å². The standard InChI is InChI=1S/C13H18N2O/c1-11(15-2)3-4-12-5-7-13(8-6-12)16-10-9-14/h5-8,11,15H,3-4,10H2,1-2H3. The van der Waals surface area contributed by atoms with Crippen LogP contribution < -0.4 is 10.1 Å². The minimum atomic E-state index is 0.107. The molecular weight excluding hydrogens is 200 g/mol. The van der Waals surface area contributed by atoms with Gasteiger partial charge in [-0.3, -0.25) is 0 Å². The fraction of sp³-hybridized carbons (Fsp3) is 0.462. The third-order valence-corrected chi connectivity index (χ3v) is 2.59. The predicted octanol–water partition coefficient (Wildman–Crippen LogP) is 2.13. The zero-order valence-electron chi connectivity index (χ0n) is 9.86. The SMILES string of the molecule is CNC(C)CCc1ccc(OCC#N)cc1. The zero-order chi connectivity index (χ0) is 11.8. The third kappa shape index (κ3) is 4.33. The van der Waals surface area contributed by atoms with Gasteiger partial charge in [-0.15, -0.1) is 0 Å². The van der Waals surface area contributed by atoms with Crippen LogP contribution in [-0.4, -0.2) is 19.7 Å². The molecule has 0 fully saturated rings. The van der Waals surface area contributed by atoms with Crippen molar-refractivity contribution in [2.75, 3.05) is 13.7 Å². The van der Waals surface area contributed by atoms with Crippen LogP contribution in [-0.2, 0) is 6.42 Å². The van der Waals surface area contributed by atoms with Gasteiger partial charge in [0.2, 0.25) is 0 Å². The Morgan fingerprint density at radius 3 is 2.62 bits per heavy atom. The number of nitrogens with zero attached hydrogens (tertiary/aromatic N) is 1. The Morgan fingerprint density at radius 1 is 1.38 bits per heavy atom. The largest absolute Gasteiger partial charge is 0.479 e. The summed E-state index contributed by atoms with van der Waals surface area (Å²) in [5.74, 6) is 0.756. The van der Waals surface area contributed by atoms with Crippen LogP contribution in [0.2, 0.25) is 0 Å². The van der Waals surface area contributed by atoms with Gasteiger partial charge in [-0.2, -0.15) is 5.26 Å². The summed E-state index contributed by atoms with van der Waals surface area (Å²) in [4.78, 5) is 0. The maximum atomic E-state index is 8.37. The minimum Gasteiger partial charge on any atom is -0.479 e. The molecule has 1 atom stereocenters. The van der Waals surface area contributed by atoms with Crippen molar-refractivity contribution in [1.29, 1.82) is 5.26 Å². The van der Waals surface area contributed by atoms with E-state index in [0.29, 0.717) is 6.04 Å². The van der Waals surface area contributed by atoms with E-state index < -0.39 is 0 Å². The fourth-order valence-corrected chi connectivity index (χ4v) is 1.40. The molecule has 0 heterocycles. The van der Waals surface area contributed by atoms with E-state index in [4.69, 9.17) is 10.00 Å². The second-order valence-electron chi connectivity index (χ2n) is 3.82. The highest BCUT2D eigenvalue weighted by Crippen LogP contribution is 2.13. The number of aryl methyl sites for hydroxylation is 1. The van der Waals surface area contributed by atoms with Crippen LogP contribution >= 0.6 is 0 Å². The predicted molar refractivity (Wildman–Crippen MR) is 64.4 cm³/mol. The Bertz CT molecular complexity index is 340. The van der Waals surface area contributed by atoms with Gasteiger partial charge >= 0.3 is 0 Å². The van der Waals surface area contributed by atoms with Gasteiger partial charge < -0.3 is 10.1 Å². The molecule has 1 unspecified atom stereocenters. The molecule has 0 radical (unpaired) electrons. The summed E-state index contributed by atoms with van der Waals surface area (Å²) in [6, 6.07) is 10.4. The second-order valence-corrected chi connectivity index (χ2v) is 3.82. The lowest BCUT2D eigenvalue weighted by Crippen LogP contribution is -2.21. The lowest BCUT2D eigenvalue weighted by atomic mass is 10.1. The number of nitriles is 1. The zero-order valence-corrected chi connectivity index (χ0v) is 9.86. The van der Waals surface area contributed by atoms with Gasteiger partial charge in [-0.05, 0) is 44.5 Å². The minimum absolute atomic E-state index is 0.107. The lowest BCUT2D eigenvalue weighted by Gasteiger charge is -2.09. The molecule has 1 aromatic rings. The van der Waals surface area contributed by atoms with Gasteiger partial charge in [0.1, 0.15) is 11.8 Å². The molecule has 3 nitrogen and oxygen atoms in total. The van der Waals surface area contributed by atoms with E-state index in [9.17, 15) is 0 Å². The molecule has 0 spiro atoms. The Kier molecular flexibility index (Phi) is 5.38. The highest BCUT2D eigenvalue weighted by Gasteiger charge is 2.00. The molecule has 0 bridgehead atoms. The van der Waals surface area contributed by atoms with Crippen LogP contribution in [0.3, 0.4) is 0 Å². The third-order valence-electron chi connectivity index (χ3n) is 2.59. The summed E-state index contributed by atoms with van der Waals surface area (Å²) >= 11 is 0. The van der Waals surface area contributed by atoms with Gasteiger partial charge in [0.05, 0.1) is 0 Å². The Balaban J connectivity index is 2.42. The van der Waals surface area contributed by atoms with Gasteiger partial charge in [0.15, 0.2) is 6.61 Å². The Labute approximate surface area is 97.0 Å². The van der Waals surface area contributed by atoms with Crippen molar-refractivity contribution in [3.63, 3.8) is 0 Å². The first-order valence-electron chi connectivity index (χ1n) is 5.52. The van der Waals surface area contributed by atoms with Crippen LogP contribution in [0.1, 0.15) is 18.9 Å². The lowest BCUT2D eigenvalue weighted by molar-refractivity contribution is 0.368. The first-order valence-corrected chi connectivity index (χ1v) is 5.52. The highest BCUT2D eigenvalue weighted by molar-refractivity contribution is 5.27. The summed E-state index contributed by atoms with van der Waals surface area (Å²) in [7, 11) is 1.98. The maximum Gasteiger partial charge on any atom is 0.174 e. The van der Waals surface area contributed by atoms with E-state index in [1.54, 1.807) is 0 Å². The first kappa shape index (κ1) is 12.5. The number of nitrogens with one attached hydrogen (secondary N) is 1. The molecule has 0 saturated heterocycles. The monoisotopic (exact) mass is 218 g/mol. The van der Waals surface area contributed by atoms with Gasteiger partial charge in [0, 0.05) is 6.04 Å². The number of rotatable bonds is 6. The Morgan fingerprint density at radius 2 is 2.06 bits per heavy atom. The maximum absolute atomic E-state index is 8.37.